The molecule has 1 N–H and O–H groups in total. The van der Waals surface area contributed by atoms with Gasteiger partial charge in [0.1, 0.15) is 0 Å². The number of esters is 1. The Hall–Kier alpha value is -2.05. The van der Waals surface area contributed by atoms with Crippen LogP contribution in [0, 0.1) is 6.92 Å². The van der Waals surface area contributed by atoms with Crippen LogP contribution in [0.4, 0.5) is 5.69 Å². The minimum atomic E-state index is -3.59. The Labute approximate surface area is 140 Å². The fourth-order valence-corrected chi connectivity index (χ4v) is 3.41. The third kappa shape index (κ3) is 4.71. The number of benzene rings is 2. The van der Waals surface area contributed by atoms with Gasteiger partial charge in [0.25, 0.3) is 0 Å². The van der Waals surface area contributed by atoms with Gasteiger partial charge in [-0.3, -0.25) is 4.72 Å². The Bertz CT molecular complexity index is 816. The lowest BCUT2D eigenvalue weighted by Crippen LogP contribution is -2.16. The molecule has 0 amide bonds. The summed E-state index contributed by atoms with van der Waals surface area (Å²) < 4.78 is 31.6. The minimum Gasteiger partial charge on any atom is -0.465 e. The van der Waals surface area contributed by atoms with Crippen LogP contribution < -0.4 is 4.72 Å². The number of hydrogen-bond acceptors (Lipinski definition) is 4. The van der Waals surface area contributed by atoms with Crippen molar-refractivity contribution in [2.24, 2.45) is 0 Å². The van der Waals surface area contributed by atoms with Crippen LogP contribution in [0.15, 0.2) is 42.5 Å². The Morgan fingerprint density at radius 3 is 2.43 bits per heavy atom. The zero-order valence-electron chi connectivity index (χ0n) is 12.7. The maximum absolute atomic E-state index is 12.3. The molecule has 0 unspecified atom stereocenters. The Kier molecular flexibility index (Phi) is 5.28. The normalized spacial score (nSPS) is 11.1. The second-order valence-electron chi connectivity index (χ2n) is 5.01. The number of halogens is 1. The number of carbonyl (C=O) groups is 1. The fraction of sp³-hybridized carbons (Fsp3) is 0.188. The predicted octanol–water partition coefficient (Wildman–Crippen LogP) is 3.38. The van der Waals surface area contributed by atoms with Crippen LogP contribution in [0.3, 0.4) is 0 Å². The van der Waals surface area contributed by atoms with E-state index in [0.717, 1.165) is 5.56 Å². The molecular weight excluding hydrogens is 338 g/mol. The summed E-state index contributed by atoms with van der Waals surface area (Å²) in [7, 11) is -2.30. The first kappa shape index (κ1) is 17.3. The first-order valence-corrected chi connectivity index (χ1v) is 8.77. The highest BCUT2D eigenvalue weighted by atomic mass is 35.5. The van der Waals surface area contributed by atoms with E-state index in [1.165, 1.54) is 19.2 Å². The van der Waals surface area contributed by atoms with Gasteiger partial charge < -0.3 is 4.74 Å². The van der Waals surface area contributed by atoms with Crippen molar-refractivity contribution >= 4 is 33.3 Å². The molecule has 0 bridgehead atoms. The molecule has 2 aromatic carbocycles. The Morgan fingerprint density at radius 1 is 1.17 bits per heavy atom. The summed E-state index contributed by atoms with van der Waals surface area (Å²) in [6.07, 6.45) is 0. The molecule has 23 heavy (non-hydrogen) atoms. The van der Waals surface area contributed by atoms with Gasteiger partial charge in [0.2, 0.25) is 10.0 Å². The van der Waals surface area contributed by atoms with Gasteiger partial charge in [0, 0.05) is 5.02 Å². The van der Waals surface area contributed by atoms with Gasteiger partial charge >= 0.3 is 5.97 Å². The second kappa shape index (κ2) is 7.02. The molecule has 0 fully saturated rings. The number of aryl methyl sites for hydroxylation is 1. The van der Waals surface area contributed by atoms with Crippen LogP contribution in [0.25, 0.3) is 0 Å². The van der Waals surface area contributed by atoms with E-state index in [4.69, 9.17) is 11.6 Å². The lowest BCUT2D eigenvalue weighted by molar-refractivity contribution is 0.0600. The van der Waals surface area contributed by atoms with Gasteiger partial charge in [-0.15, -0.1) is 0 Å². The van der Waals surface area contributed by atoms with Crippen LogP contribution >= 0.6 is 11.6 Å². The summed E-state index contributed by atoms with van der Waals surface area (Å²) in [5, 5.41) is 0.454. The van der Waals surface area contributed by atoms with Crippen LogP contribution in [0.5, 0.6) is 0 Å². The van der Waals surface area contributed by atoms with E-state index in [2.05, 4.69) is 9.46 Å². The quantitative estimate of drug-likeness (QED) is 0.836. The number of carbonyl (C=O) groups excluding carboxylic acids is 1. The molecule has 2 rings (SSSR count). The van der Waals surface area contributed by atoms with Crippen molar-refractivity contribution < 1.29 is 17.9 Å². The predicted molar refractivity (Wildman–Crippen MR) is 90.2 cm³/mol. The first-order chi connectivity index (χ1) is 10.8. The van der Waals surface area contributed by atoms with Crippen LogP contribution in [0.1, 0.15) is 21.5 Å². The molecule has 0 aliphatic rings. The van der Waals surface area contributed by atoms with E-state index < -0.39 is 16.0 Å². The molecule has 122 valence electrons. The highest BCUT2D eigenvalue weighted by molar-refractivity contribution is 7.91. The molecule has 5 nitrogen and oxygen atoms in total. The van der Waals surface area contributed by atoms with Gasteiger partial charge in [0.15, 0.2) is 0 Å². The molecule has 7 heteroatoms. The van der Waals surface area contributed by atoms with Crippen molar-refractivity contribution in [3.8, 4) is 0 Å². The smallest absolute Gasteiger partial charge is 0.337 e. The van der Waals surface area contributed by atoms with Crippen LogP contribution in [-0.4, -0.2) is 21.5 Å². The minimum absolute atomic E-state index is 0.208. The molecule has 0 spiro atoms. The molecular formula is C16H16ClNO4S. The summed E-state index contributed by atoms with van der Waals surface area (Å²) in [5.41, 5.74) is 2.15. The van der Waals surface area contributed by atoms with Crippen LogP contribution in [-0.2, 0) is 20.5 Å². The van der Waals surface area contributed by atoms with Crippen molar-refractivity contribution in [3.63, 3.8) is 0 Å². The number of anilines is 1. The van der Waals surface area contributed by atoms with E-state index in [9.17, 15) is 13.2 Å². The van der Waals surface area contributed by atoms with Gasteiger partial charge in [0.05, 0.1) is 24.1 Å². The number of ether oxygens (including phenoxy) is 1. The van der Waals surface area contributed by atoms with E-state index >= 15 is 0 Å². The molecule has 0 aromatic heterocycles. The van der Waals surface area contributed by atoms with E-state index in [1.807, 2.05) is 0 Å². The van der Waals surface area contributed by atoms with Gasteiger partial charge in [-0.1, -0.05) is 29.8 Å². The zero-order valence-corrected chi connectivity index (χ0v) is 14.2. The topological polar surface area (TPSA) is 72.5 Å². The van der Waals surface area contributed by atoms with E-state index in [-0.39, 0.29) is 5.75 Å². The highest BCUT2D eigenvalue weighted by Gasteiger charge is 2.14. The van der Waals surface area contributed by atoms with Crippen molar-refractivity contribution in [2.45, 2.75) is 12.7 Å². The second-order valence-corrected chi connectivity index (χ2v) is 7.17. The lowest BCUT2D eigenvalue weighted by atomic mass is 10.1. The molecule has 0 aliphatic heterocycles. The largest absolute Gasteiger partial charge is 0.465 e. The first-order valence-electron chi connectivity index (χ1n) is 6.74. The van der Waals surface area contributed by atoms with Crippen molar-refractivity contribution in [2.75, 3.05) is 11.8 Å². The monoisotopic (exact) mass is 353 g/mol. The van der Waals surface area contributed by atoms with Crippen molar-refractivity contribution in [1.82, 2.24) is 0 Å². The molecule has 0 radical (unpaired) electrons. The SMILES string of the molecule is COC(=O)c1ccc(CS(=O)(=O)Nc2cc(Cl)ccc2C)cc1. The third-order valence-corrected chi connectivity index (χ3v) is 4.68. The average molecular weight is 354 g/mol. The maximum atomic E-state index is 12.3. The summed E-state index contributed by atoms with van der Waals surface area (Å²) in [6.45, 7) is 1.79. The maximum Gasteiger partial charge on any atom is 0.337 e. The highest BCUT2D eigenvalue weighted by Crippen LogP contribution is 2.22. The zero-order chi connectivity index (χ0) is 17.0. The standard InChI is InChI=1S/C16H16ClNO4S/c1-11-3-8-14(17)9-15(11)18-23(20,21)10-12-4-6-13(7-5-12)16(19)22-2/h3-9,18H,10H2,1-2H3. The van der Waals surface area contributed by atoms with Gasteiger partial charge in [-0.05, 0) is 42.3 Å². The lowest BCUT2D eigenvalue weighted by Gasteiger charge is -2.11. The summed E-state index contributed by atoms with van der Waals surface area (Å²) in [4.78, 5) is 11.4. The summed E-state index contributed by atoms with van der Waals surface area (Å²) >= 11 is 5.89. The van der Waals surface area contributed by atoms with E-state index in [0.29, 0.717) is 21.8 Å². The van der Waals surface area contributed by atoms with Crippen LogP contribution in [0.2, 0.25) is 5.02 Å². The van der Waals surface area contributed by atoms with E-state index in [1.54, 1.807) is 37.3 Å². The molecule has 0 saturated carbocycles. The summed E-state index contributed by atoms with van der Waals surface area (Å²) in [5.74, 6) is -0.674. The average Bonchev–Trinajstić information content (AvgIpc) is 2.50. The number of nitrogens with one attached hydrogen (secondary N) is 1. The fourth-order valence-electron chi connectivity index (χ4n) is 1.98. The van der Waals surface area contributed by atoms with Gasteiger partial charge in [-0.25, -0.2) is 13.2 Å². The van der Waals surface area contributed by atoms with Gasteiger partial charge in [-0.2, -0.15) is 0 Å². The third-order valence-electron chi connectivity index (χ3n) is 3.20. The number of rotatable bonds is 5. The van der Waals surface area contributed by atoms with Crippen molar-refractivity contribution in [1.29, 1.82) is 0 Å². The Morgan fingerprint density at radius 2 is 1.83 bits per heavy atom. The molecule has 0 saturated heterocycles. The number of hydrogen-bond donors (Lipinski definition) is 1. The molecule has 2 aromatic rings. The molecule has 0 aliphatic carbocycles. The molecule has 0 atom stereocenters. The number of methoxy groups -OCH3 is 1. The Balaban J connectivity index is 2.15. The van der Waals surface area contributed by atoms with Crippen molar-refractivity contribution in [3.05, 3.63) is 64.2 Å². The summed E-state index contributed by atoms with van der Waals surface area (Å²) in [6, 6.07) is 11.2. The number of sulfonamides is 1. The molecule has 0 heterocycles.